The molecular formula is C9H20N2S. The molecule has 1 aliphatic heterocycles. The van der Waals surface area contributed by atoms with Gasteiger partial charge in [0.15, 0.2) is 0 Å². The minimum atomic E-state index is 0.419. The Morgan fingerprint density at radius 2 is 2.42 bits per heavy atom. The van der Waals surface area contributed by atoms with E-state index in [1.807, 2.05) is 11.8 Å². The van der Waals surface area contributed by atoms with Gasteiger partial charge in [-0.15, -0.1) is 0 Å². The highest BCUT2D eigenvalue weighted by atomic mass is 32.2. The molecule has 2 nitrogen and oxygen atoms in total. The zero-order valence-corrected chi connectivity index (χ0v) is 8.94. The van der Waals surface area contributed by atoms with Crippen LogP contribution in [0.2, 0.25) is 0 Å². The zero-order chi connectivity index (χ0) is 8.97. The molecule has 72 valence electrons. The molecule has 0 spiro atoms. The number of thioether (sulfide) groups is 1. The number of rotatable bonds is 3. The van der Waals surface area contributed by atoms with Crippen LogP contribution >= 0.6 is 11.8 Å². The van der Waals surface area contributed by atoms with Crippen LogP contribution < -0.4 is 5.73 Å². The number of nitrogens with zero attached hydrogens (tertiary/aromatic N) is 1. The van der Waals surface area contributed by atoms with Crippen molar-refractivity contribution in [3.63, 3.8) is 0 Å². The summed E-state index contributed by atoms with van der Waals surface area (Å²) in [6.45, 7) is 4.64. The zero-order valence-electron chi connectivity index (χ0n) is 8.12. The van der Waals surface area contributed by atoms with Gasteiger partial charge >= 0.3 is 0 Å². The molecule has 0 amide bonds. The largest absolute Gasteiger partial charge is 0.327 e. The van der Waals surface area contributed by atoms with E-state index in [0.717, 1.165) is 6.54 Å². The van der Waals surface area contributed by atoms with Crippen molar-refractivity contribution in [1.82, 2.24) is 4.90 Å². The molecule has 2 N–H and O–H groups in total. The smallest absolute Gasteiger partial charge is 0.0168 e. The quantitative estimate of drug-likeness (QED) is 0.721. The van der Waals surface area contributed by atoms with E-state index in [4.69, 9.17) is 5.73 Å². The van der Waals surface area contributed by atoms with Crippen LogP contribution in [0.3, 0.4) is 0 Å². The molecule has 0 aromatic carbocycles. The van der Waals surface area contributed by atoms with Gasteiger partial charge in [0.05, 0.1) is 0 Å². The molecule has 0 aromatic heterocycles. The minimum absolute atomic E-state index is 0.419. The Morgan fingerprint density at radius 3 is 3.00 bits per heavy atom. The molecule has 2 unspecified atom stereocenters. The topological polar surface area (TPSA) is 29.3 Å². The van der Waals surface area contributed by atoms with Crippen molar-refractivity contribution in [1.29, 1.82) is 0 Å². The van der Waals surface area contributed by atoms with E-state index < -0.39 is 0 Å². The average molecular weight is 188 g/mol. The molecule has 0 aromatic rings. The van der Waals surface area contributed by atoms with Crippen LogP contribution in [0.1, 0.15) is 19.8 Å². The van der Waals surface area contributed by atoms with E-state index in [1.54, 1.807) is 0 Å². The Hall–Kier alpha value is 0.270. The van der Waals surface area contributed by atoms with Crippen molar-refractivity contribution in [2.24, 2.45) is 5.73 Å². The van der Waals surface area contributed by atoms with E-state index in [2.05, 4.69) is 18.1 Å². The summed E-state index contributed by atoms with van der Waals surface area (Å²) in [5.41, 5.74) is 5.91. The summed E-state index contributed by atoms with van der Waals surface area (Å²) in [6, 6.07) is 1.12. The maximum atomic E-state index is 5.91. The van der Waals surface area contributed by atoms with Gasteiger partial charge in [-0.05, 0) is 32.6 Å². The fraction of sp³-hybridized carbons (Fsp3) is 1.00. The van der Waals surface area contributed by atoms with Crippen molar-refractivity contribution < 1.29 is 0 Å². The molecule has 1 heterocycles. The summed E-state index contributed by atoms with van der Waals surface area (Å²) >= 11 is 1.92. The maximum Gasteiger partial charge on any atom is 0.0168 e. The summed E-state index contributed by atoms with van der Waals surface area (Å²) in [5.74, 6) is 1.23. The highest BCUT2D eigenvalue weighted by Gasteiger charge is 2.20. The normalized spacial score (nSPS) is 28.8. The first-order valence-corrected chi connectivity index (χ1v) is 6.12. The van der Waals surface area contributed by atoms with Gasteiger partial charge in [0.1, 0.15) is 0 Å². The Balaban J connectivity index is 2.29. The fourth-order valence-electron chi connectivity index (χ4n) is 1.79. The third-order valence-electron chi connectivity index (χ3n) is 2.52. The van der Waals surface area contributed by atoms with Crippen molar-refractivity contribution in [3.05, 3.63) is 0 Å². The molecule has 0 saturated carbocycles. The highest BCUT2D eigenvalue weighted by Crippen LogP contribution is 2.13. The number of hydrogen-bond donors (Lipinski definition) is 1. The fourth-order valence-corrected chi connectivity index (χ4v) is 2.48. The summed E-state index contributed by atoms with van der Waals surface area (Å²) in [6.07, 6.45) is 4.66. The summed E-state index contributed by atoms with van der Waals surface area (Å²) in [4.78, 5) is 2.52. The second-order valence-corrected chi connectivity index (χ2v) is 4.61. The number of piperidine rings is 1. The highest BCUT2D eigenvalue weighted by molar-refractivity contribution is 7.98. The van der Waals surface area contributed by atoms with Gasteiger partial charge in [-0.25, -0.2) is 0 Å². The van der Waals surface area contributed by atoms with Crippen molar-refractivity contribution in [3.8, 4) is 0 Å². The van der Waals surface area contributed by atoms with E-state index in [9.17, 15) is 0 Å². The van der Waals surface area contributed by atoms with Gasteiger partial charge in [-0.3, -0.25) is 4.90 Å². The van der Waals surface area contributed by atoms with Gasteiger partial charge in [-0.2, -0.15) is 11.8 Å². The summed E-state index contributed by atoms with van der Waals surface area (Å²) < 4.78 is 0. The molecule has 1 aliphatic rings. The van der Waals surface area contributed by atoms with Crippen LogP contribution in [0.25, 0.3) is 0 Å². The standard InChI is InChI=1S/C9H20N2S/c1-8(7-12-2)11-5-3-4-9(10)6-11/h8-9H,3-7,10H2,1-2H3. The third-order valence-corrected chi connectivity index (χ3v) is 3.34. The molecule has 1 fully saturated rings. The van der Waals surface area contributed by atoms with Crippen molar-refractivity contribution >= 4 is 11.8 Å². The van der Waals surface area contributed by atoms with Crippen LogP contribution in [-0.2, 0) is 0 Å². The van der Waals surface area contributed by atoms with Gasteiger partial charge in [0, 0.05) is 24.4 Å². The van der Waals surface area contributed by atoms with Crippen LogP contribution in [0.5, 0.6) is 0 Å². The molecule has 12 heavy (non-hydrogen) atoms. The first-order chi connectivity index (χ1) is 5.74. The van der Waals surface area contributed by atoms with E-state index in [1.165, 1.54) is 25.1 Å². The van der Waals surface area contributed by atoms with E-state index in [0.29, 0.717) is 12.1 Å². The average Bonchev–Trinajstić information content (AvgIpc) is 2.05. The van der Waals surface area contributed by atoms with Crippen molar-refractivity contribution in [2.45, 2.75) is 31.8 Å². The Kier molecular flexibility index (Phi) is 4.40. The lowest BCUT2D eigenvalue weighted by atomic mass is 10.1. The van der Waals surface area contributed by atoms with Gasteiger partial charge in [-0.1, -0.05) is 0 Å². The molecule has 3 heteroatoms. The van der Waals surface area contributed by atoms with Crippen LogP contribution in [0.15, 0.2) is 0 Å². The molecule has 0 aliphatic carbocycles. The SMILES string of the molecule is CSCC(C)N1CCCC(N)C1. The Morgan fingerprint density at radius 1 is 1.67 bits per heavy atom. The molecule has 0 bridgehead atoms. The predicted octanol–water partition coefficient (Wildman–Crippen LogP) is 1.16. The maximum absolute atomic E-state index is 5.91. The monoisotopic (exact) mass is 188 g/mol. The van der Waals surface area contributed by atoms with Crippen LogP contribution in [-0.4, -0.2) is 42.1 Å². The van der Waals surface area contributed by atoms with E-state index in [-0.39, 0.29) is 0 Å². The van der Waals surface area contributed by atoms with Gasteiger partial charge in [0.25, 0.3) is 0 Å². The van der Waals surface area contributed by atoms with Crippen LogP contribution in [0, 0.1) is 0 Å². The first kappa shape index (κ1) is 10.4. The van der Waals surface area contributed by atoms with Gasteiger partial charge in [0.2, 0.25) is 0 Å². The number of nitrogens with two attached hydrogens (primary N) is 1. The number of likely N-dealkylation sites (tertiary alicyclic amines) is 1. The second-order valence-electron chi connectivity index (χ2n) is 3.70. The molecular weight excluding hydrogens is 168 g/mol. The first-order valence-electron chi connectivity index (χ1n) is 4.72. The van der Waals surface area contributed by atoms with Gasteiger partial charge < -0.3 is 5.73 Å². The summed E-state index contributed by atoms with van der Waals surface area (Å²) in [7, 11) is 0. The van der Waals surface area contributed by atoms with Crippen molar-refractivity contribution in [2.75, 3.05) is 25.1 Å². The molecule has 1 rings (SSSR count). The lowest BCUT2D eigenvalue weighted by Gasteiger charge is -2.35. The second kappa shape index (κ2) is 5.10. The molecule has 0 radical (unpaired) electrons. The third kappa shape index (κ3) is 2.96. The summed E-state index contributed by atoms with van der Waals surface area (Å²) in [5, 5.41) is 0. The number of hydrogen-bond acceptors (Lipinski definition) is 3. The Labute approximate surface area is 79.9 Å². The van der Waals surface area contributed by atoms with Crippen LogP contribution in [0.4, 0.5) is 0 Å². The lowest BCUT2D eigenvalue weighted by Crippen LogP contribution is -2.47. The lowest BCUT2D eigenvalue weighted by molar-refractivity contribution is 0.171. The molecule has 1 saturated heterocycles. The predicted molar refractivity (Wildman–Crippen MR) is 56.6 cm³/mol. The molecule has 2 atom stereocenters. The van der Waals surface area contributed by atoms with E-state index >= 15 is 0 Å². The minimum Gasteiger partial charge on any atom is -0.327 e. The Bertz CT molecular complexity index is 130.